The maximum atomic E-state index is 12.1. The summed E-state index contributed by atoms with van der Waals surface area (Å²) in [5.41, 5.74) is -0.459. The van der Waals surface area contributed by atoms with Crippen LogP contribution in [-0.2, 0) is 4.74 Å². The molecule has 0 heterocycles. The third-order valence-electron chi connectivity index (χ3n) is 1.74. The van der Waals surface area contributed by atoms with Crippen molar-refractivity contribution in [3.05, 3.63) is 23.8 Å². The summed E-state index contributed by atoms with van der Waals surface area (Å²) in [4.78, 5) is 10.5. The van der Waals surface area contributed by atoms with Crippen molar-refractivity contribution >= 4 is 5.97 Å². The normalized spacial score (nSPS) is 11.1. The monoisotopic (exact) mass is 265 g/mol. The van der Waals surface area contributed by atoms with Crippen molar-refractivity contribution in [2.45, 2.75) is 6.36 Å². The van der Waals surface area contributed by atoms with E-state index in [9.17, 15) is 23.1 Å². The van der Waals surface area contributed by atoms with Gasteiger partial charge in [-0.3, -0.25) is 0 Å². The van der Waals surface area contributed by atoms with Crippen LogP contribution in [-0.4, -0.2) is 26.2 Å². The number of carboxylic acids is 1. The average molecular weight is 265 g/mol. The molecule has 0 aromatic heterocycles. The van der Waals surface area contributed by atoms with Crippen LogP contribution < -0.4 is 14.6 Å². The number of hydrogen-bond donors (Lipinski definition) is 0. The summed E-state index contributed by atoms with van der Waals surface area (Å²) >= 11 is 0. The lowest BCUT2D eigenvalue weighted by molar-refractivity contribution is -0.275. The molecule has 0 atom stereocenters. The Morgan fingerprint density at radius 1 is 1.33 bits per heavy atom. The van der Waals surface area contributed by atoms with E-state index in [-0.39, 0.29) is 12.5 Å². The summed E-state index contributed by atoms with van der Waals surface area (Å²) in [5.74, 6) is -2.69. The number of alkyl halides is 3. The molecule has 18 heavy (non-hydrogen) atoms. The lowest BCUT2D eigenvalue weighted by atomic mass is 10.2. The highest BCUT2D eigenvalue weighted by Gasteiger charge is 2.32. The van der Waals surface area contributed by atoms with Gasteiger partial charge in [-0.25, -0.2) is 0 Å². The average Bonchev–Trinajstić information content (AvgIpc) is 2.25. The number of benzene rings is 1. The summed E-state index contributed by atoms with van der Waals surface area (Å²) in [6.07, 6.45) is -4.96. The van der Waals surface area contributed by atoms with Crippen molar-refractivity contribution in [2.75, 3.05) is 13.9 Å². The first-order valence-corrected chi connectivity index (χ1v) is 4.56. The number of carboxylic acid groups (broad SMARTS) is 1. The van der Waals surface area contributed by atoms with Gasteiger partial charge in [0.25, 0.3) is 0 Å². The van der Waals surface area contributed by atoms with E-state index in [1.807, 2.05) is 0 Å². The Hall–Kier alpha value is -1.96. The highest BCUT2D eigenvalue weighted by atomic mass is 19.4. The molecule has 0 unspecified atom stereocenters. The van der Waals surface area contributed by atoms with E-state index in [0.29, 0.717) is 6.07 Å². The zero-order chi connectivity index (χ0) is 13.8. The van der Waals surface area contributed by atoms with Crippen LogP contribution in [0.1, 0.15) is 10.4 Å². The molecule has 0 aliphatic heterocycles. The quantitative estimate of drug-likeness (QED) is 0.741. The third-order valence-corrected chi connectivity index (χ3v) is 1.74. The predicted molar refractivity (Wildman–Crippen MR) is 50.0 cm³/mol. The standard InChI is InChI=1S/C10H9F3O5/c1-16-5-17-7-3-2-6(9(14)15)4-8(7)18-10(11,12)13/h2-4H,5H2,1H3,(H,14,15)/p-1. The lowest BCUT2D eigenvalue weighted by Gasteiger charge is -2.15. The van der Waals surface area contributed by atoms with Crippen LogP contribution in [0.3, 0.4) is 0 Å². The van der Waals surface area contributed by atoms with Crippen molar-refractivity contribution in [2.24, 2.45) is 0 Å². The second-order valence-electron chi connectivity index (χ2n) is 3.05. The summed E-state index contributed by atoms with van der Waals surface area (Å²) in [5, 5.41) is 10.5. The van der Waals surface area contributed by atoms with Crippen molar-refractivity contribution in [3.63, 3.8) is 0 Å². The maximum absolute atomic E-state index is 12.1. The molecule has 100 valence electrons. The molecule has 0 N–H and O–H groups in total. The molecule has 5 nitrogen and oxygen atoms in total. The van der Waals surface area contributed by atoms with Crippen LogP contribution in [0.15, 0.2) is 18.2 Å². The zero-order valence-corrected chi connectivity index (χ0v) is 9.11. The van der Waals surface area contributed by atoms with E-state index >= 15 is 0 Å². The van der Waals surface area contributed by atoms with Gasteiger partial charge in [0.15, 0.2) is 18.3 Å². The highest BCUT2D eigenvalue weighted by Crippen LogP contribution is 2.33. The molecule has 0 fully saturated rings. The van der Waals surface area contributed by atoms with Gasteiger partial charge in [-0.05, 0) is 18.2 Å². The SMILES string of the molecule is COCOc1ccc(C(=O)[O-])cc1OC(F)(F)F. The second kappa shape index (κ2) is 5.58. The molecule has 0 spiro atoms. The van der Waals surface area contributed by atoms with E-state index in [1.54, 1.807) is 0 Å². The number of halogens is 3. The first-order chi connectivity index (χ1) is 8.33. The van der Waals surface area contributed by atoms with E-state index in [2.05, 4.69) is 9.47 Å². The first-order valence-electron chi connectivity index (χ1n) is 4.56. The molecule has 1 rings (SSSR count). The van der Waals surface area contributed by atoms with Gasteiger partial charge in [0.05, 0.1) is 5.97 Å². The van der Waals surface area contributed by atoms with Gasteiger partial charge >= 0.3 is 6.36 Å². The Kier molecular flexibility index (Phi) is 4.38. The van der Waals surface area contributed by atoms with Gasteiger partial charge < -0.3 is 24.1 Å². The van der Waals surface area contributed by atoms with Crippen molar-refractivity contribution in [1.82, 2.24) is 0 Å². The van der Waals surface area contributed by atoms with Crippen LogP contribution in [0.25, 0.3) is 0 Å². The van der Waals surface area contributed by atoms with E-state index in [1.165, 1.54) is 7.11 Å². The lowest BCUT2D eigenvalue weighted by Crippen LogP contribution is -2.23. The van der Waals surface area contributed by atoms with Gasteiger partial charge in [0, 0.05) is 12.7 Å². The van der Waals surface area contributed by atoms with E-state index in [4.69, 9.17) is 4.74 Å². The number of carbonyl (C=O) groups excluding carboxylic acids is 1. The van der Waals surface area contributed by atoms with E-state index in [0.717, 1.165) is 12.1 Å². The molecule has 1 aromatic rings. The van der Waals surface area contributed by atoms with Crippen molar-refractivity contribution in [3.8, 4) is 11.5 Å². The van der Waals surface area contributed by atoms with Crippen LogP contribution in [0.2, 0.25) is 0 Å². The number of aromatic carboxylic acids is 1. The molecule has 0 radical (unpaired) electrons. The molecule has 0 saturated heterocycles. The second-order valence-corrected chi connectivity index (χ2v) is 3.05. The third kappa shape index (κ3) is 4.13. The number of hydrogen-bond acceptors (Lipinski definition) is 5. The molecule has 0 saturated carbocycles. The van der Waals surface area contributed by atoms with Gasteiger partial charge in [0.2, 0.25) is 0 Å². The molecule has 1 aromatic carbocycles. The number of methoxy groups -OCH3 is 1. The largest absolute Gasteiger partial charge is 0.573 e. The molecule has 0 amide bonds. The molecule has 0 bridgehead atoms. The summed E-state index contributed by atoms with van der Waals surface area (Å²) in [6.45, 7) is -0.307. The molecule has 0 aliphatic carbocycles. The zero-order valence-electron chi connectivity index (χ0n) is 9.11. The molecular formula is C10H8F3O5-. The molecular weight excluding hydrogens is 257 g/mol. The van der Waals surface area contributed by atoms with Gasteiger partial charge in [-0.15, -0.1) is 13.2 Å². The summed E-state index contributed by atoms with van der Waals surface area (Å²) < 4.78 is 49.3. The minimum absolute atomic E-state index is 0.292. The van der Waals surface area contributed by atoms with Gasteiger partial charge in [0.1, 0.15) is 0 Å². The van der Waals surface area contributed by atoms with Crippen LogP contribution in [0.5, 0.6) is 11.5 Å². The molecule has 0 aliphatic rings. The summed E-state index contributed by atoms with van der Waals surface area (Å²) in [6, 6.07) is 2.71. The Morgan fingerprint density at radius 2 is 2.00 bits per heavy atom. The smallest absolute Gasteiger partial charge is 0.545 e. The number of ether oxygens (including phenoxy) is 3. The molecule has 8 heteroatoms. The Bertz CT molecular complexity index is 430. The van der Waals surface area contributed by atoms with E-state index < -0.39 is 23.6 Å². The maximum Gasteiger partial charge on any atom is 0.573 e. The Morgan fingerprint density at radius 3 is 2.50 bits per heavy atom. The Labute approximate surface area is 99.7 Å². The fraction of sp³-hybridized carbons (Fsp3) is 0.300. The predicted octanol–water partition coefficient (Wildman–Crippen LogP) is 0.931. The minimum Gasteiger partial charge on any atom is -0.545 e. The Balaban J connectivity index is 3.05. The fourth-order valence-corrected chi connectivity index (χ4v) is 1.08. The first kappa shape index (κ1) is 14.1. The van der Waals surface area contributed by atoms with Gasteiger partial charge in [-0.2, -0.15) is 0 Å². The highest BCUT2D eigenvalue weighted by molar-refractivity contribution is 5.86. The topological polar surface area (TPSA) is 67.8 Å². The van der Waals surface area contributed by atoms with Crippen molar-refractivity contribution in [1.29, 1.82) is 0 Å². The number of rotatable bonds is 5. The minimum atomic E-state index is -4.96. The fourth-order valence-electron chi connectivity index (χ4n) is 1.08. The van der Waals surface area contributed by atoms with Crippen LogP contribution in [0, 0.1) is 0 Å². The van der Waals surface area contributed by atoms with Crippen LogP contribution >= 0.6 is 0 Å². The van der Waals surface area contributed by atoms with Crippen molar-refractivity contribution < 1.29 is 37.3 Å². The number of carbonyl (C=O) groups is 1. The summed E-state index contributed by atoms with van der Waals surface area (Å²) in [7, 11) is 1.28. The van der Waals surface area contributed by atoms with Gasteiger partial charge in [-0.1, -0.05) is 0 Å². The van der Waals surface area contributed by atoms with Crippen LogP contribution in [0.4, 0.5) is 13.2 Å².